The number of benzene rings is 1. The molecule has 4 heteroatoms. The quantitative estimate of drug-likeness (QED) is 0.895. The molecular weight excluding hydrogens is 310 g/mol. The second-order valence-electron chi connectivity index (χ2n) is 7.83. The fourth-order valence-corrected chi connectivity index (χ4v) is 4.59. The Labute approximate surface area is 150 Å². The number of amides is 1. The molecule has 2 heterocycles. The molecule has 2 aromatic rings. The summed E-state index contributed by atoms with van der Waals surface area (Å²) in [5.41, 5.74) is 4.75. The molecule has 1 aromatic heterocycles. The number of aromatic amines is 1. The molecule has 1 aliphatic carbocycles. The first-order valence-electron chi connectivity index (χ1n) is 9.81. The Morgan fingerprint density at radius 2 is 2.24 bits per heavy atom. The molecule has 134 valence electrons. The molecular formula is C21H29N3O. The van der Waals surface area contributed by atoms with Crippen molar-refractivity contribution in [2.75, 3.05) is 19.6 Å². The smallest absolute Gasteiger partial charge is 0.251 e. The molecule has 2 atom stereocenters. The van der Waals surface area contributed by atoms with Gasteiger partial charge in [-0.25, -0.2) is 0 Å². The second-order valence-corrected chi connectivity index (χ2v) is 7.83. The van der Waals surface area contributed by atoms with Gasteiger partial charge in [0, 0.05) is 34.7 Å². The van der Waals surface area contributed by atoms with Gasteiger partial charge in [0.1, 0.15) is 0 Å². The standard InChI is InChI=1S/C21H29N3O/c1-3-24-10-4-5-16(24)13-22-21(25)15-7-9-20-18(12-15)17-11-14(2)6-8-19(17)23-20/h7,9,12,14,16,23H,3-6,8,10-11,13H2,1-2H3,(H,22,25)/t14-,16-/m1/s1. The average Bonchev–Trinajstić information content (AvgIpc) is 3.22. The summed E-state index contributed by atoms with van der Waals surface area (Å²) in [6, 6.07) is 6.61. The van der Waals surface area contributed by atoms with Gasteiger partial charge in [-0.15, -0.1) is 0 Å². The molecule has 4 nitrogen and oxygen atoms in total. The van der Waals surface area contributed by atoms with E-state index < -0.39 is 0 Å². The van der Waals surface area contributed by atoms with Crippen LogP contribution in [0.5, 0.6) is 0 Å². The molecule has 2 aliphatic rings. The van der Waals surface area contributed by atoms with Crippen molar-refractivity contribution in [2.24, 2.45) is 5.92 Å². The lowest BCUT2D eigenvalue weighted by molar-refractivity contribution is 0.0941. The molecule has 0 saturated carbocycles. The van der Waals surface area contributed by atoms with Gasteiger partial charge in [-0.2, -0.15) is 0 Å². The van der Waals surface area contributed by atoms with Crippen molar-refractivity contribution in [1.82, 2.24) is 15.2 Å². The second kappa shape index (κ2) is 6.83. The molecule has 1 aromatic carbocycles. The average molecular weight is 339 g/mol. The van der Waals surface area contributed by atoms with E-state index in [1.807, 2.05) is 6.07 Å². The zero-order chi connectivity index (χ0) is 17.4. The summed E-state index contributed by atoms with van der Waals surface area (Å²) in [4.78, 5) is 18.7. The molecule has 0 unspecified atom stereocenters. The van der Waals surface area contributed by atoms with Crippen molar-refractivity contribution >= 4 is 16.8 Å². The maximum atomic E-state index is 12.7. The Kier molecular flexibility index (Phi) is 4.55. The Hall–Kier alpha value is -1.81. The number of H-pyrrole nitrogens is 1. The third-order valence-electron chi connectivity index (χ3n) is 6.10. The van der Waals surface area contributed by atoms with Crippen LogP contribution < -0.4 is 5.32 Å². The lowest BCUT2D eigenvalue weighted by atomic mass is 9.87. The fourth-order valence-electron chi connectivity index (χ4n) is 4.59. The van der Waals surface area contributed by atoms with E-state index in [0.717, 1.165) is 44.0 Å². The van der Waals surface area contributed by atoms with E-state index in [1.54, 1.807) is 0 Å². The van der Waals surface area contributed by atoms with Crippen LogP contribution in [0.2, 0.25) is 0 Å². The van der Waals surface area contributed by atoms with Gasteiger partial charge >= 0.3 is 0 Å². The number of hydrogen-bond donors (Lipinski definition) is 2. The van der Waals surface area contributed by atoms with Gasteiger partial charge in [0.15, 0.2) is 0 Å². The number of nitrogens with one attached hydrogen (secondary N) is 2. The van der Waals surface area contributed by atoms with E-state index in [4.69, 9.17) is 0 Å². The molecule has 0 radical (unpaired) electrons. The molecule has 4 rings (SSSR count). The maximum absolute atomic E-state index is 12.7. The Morgan fingerprint density at radius 3 is 3.08 bits per heavy atom. The summed E-state index contributed by atoms with van der Waals surface area (Å²) >= 11 is 0. The number of carbonyl (C=O) groups is 1. The molecule has 1 amide bonds. The number of aromatic nitrogens is 1. The van der Waals surface area contributed by atoms with E-state index >= 15 is 0 Å². The summed E-state index contributed by atoms with van der Waals surface area (Å²) in [5.74, 6) is 0.787. The van der Waals surface area contributed by atoms with Crippen LogP contribution in [0.25, 0.3) is 10.9 Å². The van der Waals surface area contributed by atoms with Gasteiger partial charge in [0.25, 0.3) is 5.91 Å². The summed E-state index contributed by atoms with van der Waals surface area (Å²) < 4.78 is 0. The van der Waals surface area contributed by atoms with Crippen LogP contribution in [0.3, 0.4) is 0 Å². The lowest BCUT2D eigenvalue weighted by Gasteiger charge is -2.22. The first-order valence-corrected chi connectivity index (χ1v) is 9.81. The summed E-state index contributed by atoms with van der Waals surface area (Å²) in [6.45, 7) is 7.51. The van der Waals surface area contributed by atoms with Crippen molar-refractivity contribution in [2.45, 2.75) is 52.0 Å². The highest BCUT2D eigenvalue weighted by atomic mass is 16.1. The van der Waals surface area contributed by atoms with Crippen molar-refractivity contribution in [1.29, 1.82) is 0 Å². The van der Waals surface area contributed by atoms with Gasteiger partial charge in [0.05, 0.1) is 0 Å². The number of likely N-dealkylation sites (tertiary alicyclic amines) is 1. The fraction of sp³-hybridized carbons (Fsp3) is 0.571. The van der Waals surface area contributed by atoms with Crippen LogP contribution in [0.4, 0.5) is 0 Å². The van der Waals surface area contributed by atoms with Crippen molar-refractivity contribution in [3.8, 4) is 0 Å². The molecule has 0 spiro atoms. The predicted molar refractivity (Wildman–Crippen MR) is 102 cm³/mol. The van der Waals surface area contributed by atoms with E-state index in [0.29, 0.717) is 6.04 Å². The minimum atomic E-state index is 0.0589. The number of hydrogen-bond acceptors (Lipinski definition) is 2. The first-order chi connectivity index (χ1) is 12.2. The van der Waals surface area contributed by atoms with Gasteiger partial charge in [0.2, 0.25) is 0 Å². The van der Waals surface area contributed by atoms with Crippen LogP contribution in [-0.2, 0) is 12.8 Å². The topological polar surface area (TPSA) is 48.1 Å². The minimum Gasteiger partial charge on any atom is -0.358 e. The number of fused-ring (bicyclic) bond motifs is 3. The number of likely N-dealkylation sites (N-methyl/N-ethyl adjacent to an activating group) is 1. The molecule has 1 aliphatic heterocycles. The van der Waals surface area contributed by atoms with Gasteiger partial charge in [-0.1, -0.05) is 13.8 Å². The van der Waals surface area contributed by atoms with E-state index in [1.165, 1.54) is 41.4 Å². The largest absolute Gasteiger partial charge is 0.358 e. The van der Waals surface area contributed by atoms with Gasteiger partial charge in [-0.3, -0.25) is 9.69 Å². The van der Waals surface area contributed by atoms with E-state index in [2.05, 4.69) is 41.2 Å². The summed E-state index contributed by atoms with van der Waals surface area (Å²) in [5, 5.41) is 4.40. The maximum Gasteiger partial charge on any atom is 0.251 e. The third-order valence-corrected chi connectivity index (χ3v) is 6.10. The van der Waals surface area contributed by atoms with Crippen molar-refractivity contribution in [3.63, 3.8) is 0 Å². The molecule has 0 bridgehead atoms. The Morgan fingerprint density at radius 1 is 1.36 bits per heavy atom. The molecule has 2 N–H and O–H groups in total. The lowest BCUT2D eigenvalue weighted by Crippen LogP contribution is -2.40. The summed E-state index contributed by atoms with van der Waals surface area (Å²) in [6.07, 6.45) is 5.93. The normalized spacial score (nSPS) is 23.8. The zero-order valence-electron chi connectivity index (χ0n) is 15.4. The van der Waals surface area contributed by atoms with Gasteiger partial charge in [-0.05, 0) is 74.9 Å². The number of nitrogens with zero attached hydrogens (tertiary/aromatic N) is 1. The number of carbonyl (C=O) groups excluding carboxylic acids is 1. The molecule has 1 saturated heterocycles. The zero-order valence-corrected chi connectivity index (χ0v) is 15.4. The highest BCUT2D eigenvalue weighted by Crippen LogP contribution is 2.32. The third kappa shape index (κ3) is 3.20. The van der Waals surface area contributed by atoms with Crippen LogP contribution in [0, 0.1) is 5.92 Å². The Balaban J connectivity index is 1.51. The minimum absolute atomic E-state index is 0.0589. The van der Waals surface area contributed by atoms with Crippen LogP contribution in [0.1, 0.15) is 54.7 Å². The van der Waals surface area contributed by atoms with Crippen molar-refractivity contribution in [3.05, 3.63) is 35.0 Å². The van der Waals surface area contributed by atoms with Crippen LogP contribution in [0.15, 0.2) is 18.2 Å². The monoisotopic (exact) mass is 339 g/mol. The summed E-state index contributed by atoms with van der Waals surface area (Å²) in [7, 11) is 0. The van der Waals surface area contributed by atoms with E-state index in [9.17, 15) is 4.79 Å². The highest BCUT2D eigenvalue weighted by molar-refractivity contribution is 5.99. The molecule has 25 heavy (non-hydrogen) atoms. The molecule has 1 fully saturated rings. The van der Waals surface area contributed by atoms with E-state index in [-0.39, 0.29) is 5.91 Å². The Bertz CT molecular complexity index is 779. The number of aryl methyl sites for hydroxylation is 1. The predicted octanol–water partition coefficient (Wildman–Crippen LogP) is 3.51. The SMILES string of the molecule is CCN1CCC[C@@H]1CNC(=O)c1ccc2[nH]c3c(c2c1)C[C@H](C)CC3. The van der Waals surface area contributed by atoms with Crippen LogP contribution in [-0.4, -0.2) is 41.5 Å². The van der Waals surface area contributed by atoms with Crippen LogP contribution >= 0.6 is 0 Å². The first kappa shape index (κ1) is 16.6. The number of rotatable bonds is 4. The highest BCUT2D eigenvalue weighted by Gasteiger charge is 2.24. The van der Waals surface area contributed by atoms with Crippen molar-refractivity contribution < 1.29 is 4.79 Å². The van der Waals surface area contributed by atoms with Gasteiger partial charge < -0.3 is 10.3 Å².